The summed E-state index contributed by atoms with van der Waals surface area (Å²) in [6.07, 6.45) is 0. The molecular weight excluding hydrogens is 470 g/mol. The predicted molar refractivity (Wildman–Crippen MR) is 134 cm³/mol. The summed E-state index contributed by atoms with van der Waals surface area (Å²) in [4.78, 5) is 28.1. The van der Waals surface area contributed by atoms with Crippen molar-refractivity contribution in [3.8, 4) is 17.2 Å². The van der Waals surface area contributed by atoms with E-state index in [9.17, 15) is 14.7 Å². The second kappa shape index (κ2) is 9.72. The Morgan fingerprint density at radius 2 is 1.63 bits per heavy atom. The number of ketones is 1. The Morgan fingerprint density at radius 3 is 2.29 bits per heavy atom. The van der Waals surface area contributed by atoms with Gasteiger partial charge in [-0.15, -0.1) is 0 Å². The Bertz CT molecular complexity index is 1350. The number of halogens is 1. The third-order valence-electron chi connectivity index (χ3n) is 5.86. The van der Waals surface area contributed by atoms with E-state index in [1.807, 2.05) is 31.2 Å². The van der Waals surface area contributed by atoms with Gasteiger partial charge in [0.2, 0.25) is 0 Å². The summed E-state index contributed by atoms with van der Waals surface area (Å²) in [6.45, 7) is 1.91. The van der Waals surface area contributed by atoms with Gasteiger partial charge in [0.1, 0.15) is 23.0 Å². The zero-order valence-electron chi connectivity index (χ0n) is 19.7. The molecular formula is C27H24ClNO6. The average Bonchev–Trinajstić information content (AvgIpc) is 3.13. The van der Waals surface area contributed by atoms with Crippen molar-refractivity contribution in [2.75, 3.05) is 26.2 Å². The Morgan fingerprint density at radius 1 is 0.914 bits per heavy atom. The number of amides is 1. The molecule has 1 atom stereocenters. The normalized spacial score (nSPS) is 16.9. The van der Waals surface area contributed by atoms with E-state index in [2.05, 4.69) is 0 Å². The number of carbonyl (C=O) groups is 2. The fourth-order valence-electron chi connectivity index (χ4n) is 4.21. The van der Waals surface area contributed by atoms with E-state index in [1.54, 1.807) is 24.3 Å². The minimum atomic E-state index is -0.895. The molecule has 4 rings (SSSR count). The number of Topliss-reactive ketones (excluding diaryl/α,β-unsaturated/α-hetero) is 1. The maximum absolute atomic E-state index is 13.4. The lowest BCUT2D eigenvalue weighted by molar-refractivity contribution is -0.132. The molecule has 3 aromatic carbocycles. The van der Waals surface area contributed by atoms with Gasteiger partial charge in [0.25, 0.3) is 11.7 Å². The van der Waals surface area contributed by atoms with Crippen LogP contribution in [0.15, 0.2) is 66.2 Å². The van der Waals surface area contributed by atoms with Crippen LogP contribution in [0, 0.1) is 6.92 Å². The summed E-state index contributed by atoms with van der Waals surface area (Å²) in [6, 6.07) is 16.3. The van der Waals surface area contributed by atoms with Crippen molar-refractivity contribution in [1.82, 2.24) is 0 Å². The first-order valence-corrected chi connectivity index (χ1v) is 11.1. The van der Waals surface area contributed by atoms with Crippen LogP contribution < -0.4 is 19.1 Å². The molecule has 180 valence electrons. The van der Waals surface area contributed by atoms with Crippen LogP contribution in [-0.2, 0) is 9.59 Å². The molecule has 7 nitrogen and oxygen atoms in total. The summed E-state index contributed by atoms with van der Waals surface area (Å²) in [5, 5.41) is 11.7. The van der Waals surface area contributed by atoms with Crippen LogP contribution in [0.3, 0.4) is 0 Å². The molecule has 1 heterocycles. The van der Waals surface area contributed by atoms with E-state index < -0.39 is 23.5 Å². The van der Waals surface area contributed by atoms with Crippen molar-refractivity contribution in [2.24, 2.45) is 0 Å². The smallest absolute Gasteiger partial charge is 0.300 e. The van der Waals surface area contributed by atoms with Gasteiger partial charge in [-0.25, -0.2) is 0 Å². The highest BCUT2D eigenvalue weighted by Gasteiger charge is 2.47. The molecule has 0 aliphatic carbocycles. The van der Waals surface area contributed by atoms with Crippen LogP contribution in [0.25, 0.3) is 5.76 Å². The number of methoxy groups -OCH3 is 3. The molecule has 3 aromatic rings. The molecule has 1 saturated heterocycles. The lowest BCUT2D eigenvalue weighted by Gasteiger charge is -2.26. The van der Waals surface area contributed by atoms with Crippen molar-refractivity contribution >= 4 is 34.7 Å². The van der Waals surface area contributed by atoms with E-state index in [0.717, 1.165) is 5.56 Å². The minimum absolute atomic E-state index is 0.0777. The maximum Gasteiger partial charge on any atom is 0.300 e. The second-order valence-corrected chi connectivity index (χ2v) is 8.38. The van der Waals surface area contributed by atoms with Gasteiger partial charge in [-0.1, -0.05) is 47.5 Å². The van der Waals surface area contributed by atoms with Crippen LogP contribution >= 0.6 is 11.6 Å². The Balaban J connectivity index is 2.01. The number of ether oxygens (including phenoxy) is 3. The molecule has 0 bridgehead atoms. The topological polar surface area (TPSA) is 85.3 Å². The van der Waals surface area contributed by atoms with E-state index in [4.69, 9.17) is 25.8 Å². The number of hydrogen-bond donors (Lipinski definition) is 1. The molecule has 1 fully saturated rings. The predicted octanol–water partition coefficient (Wildman–Crippen LogP) is 5.30. The lowest BCUT2D eigenvalue weighted by Crippen LogP contribution is -2.29. The molecule has 8 heteroatoms. The van der Waals surface area contributed by atoms with Gasteiger partial charge in [0, 0.05) is 17.8 Å². The molecule has 35 heavy (non-hydrogen) atoms. The first-order valence-electron chi connectivity index (χ1n) is 10.7. The molecule has 0 radical (unpaired) electrons. The zero-order valence-corrected chi connectivity index (χ0v) is 20.4. The third kappa shape index (κ3) is 4.31. The number of aliphatic hydroxyl groups excluding tert-OH is 1. The number of benzene rings is 3. The number of anilines is 1. The minimum Gasteiger partial charge on any atom is -0.507 e. The highest BCUT2D eigenvalue weighted by molar-refractivity contribution is 6.51. The van der Waals surface area contributed by atoms with Crippen LogP contribution in [0.2, 0.25) is 5.02 Å². The summed E-state index contributed by atoms with van der Waals surface area (Å²) < 4.78 is 16.0. The summed E-state index contributed by atoms with van der Waals surface area (Å²) in [5.74, 6) is -0.963. The highest BCUT2D eigenvalue weighted by Crippen LogP contribution is 2.45. The first kappa shape index (κ1) is 24.2. The number of aryl methyl sites for hydroxylation is 1. The maximum atomic E-state index is 13.4. The fourth-order valence-corrected chi connectivity index (χ4v) is 4.44. The largest absolute Gasteiger partial charge is 0.507 e. The molecule has 1 aliphatic rings. The van der Waals surface area contributed by atoms with E-state index in [1.165, 1.54) is 38.4 Å². The van der Waals surface area contributed by atoms with Gasteiger partial charge in [-0.05, 0) is 30.7 Å². The van der Waals surface area contributed by atoms with Crippen molar-refractivity contribution in [2.45, 2.75) is 13.0 Å². The molecule has 1 amide bonds. The Labute approximate surface area is 208 Å². The van der Waals surface area contributed by atoms with Gasteiger partial charge in [-0.2, -0.15) is 0 Å². The zero-order chi connectivity index (χ0) is 25.3. The number of aliphatic hydroxyl groups is 1. The summed E-state index contributed by atoms with van der Waals surface area (Å²) in [5.41, 5.74) is 2.15. The van der Waals surface area contributed by atoms with Crippen molar-refractivity contribution in [3.63, 3.8) is 0 Å². The summed E-state index contributed by atoms with van der Waals surface area (Å²) >= 11 is 6.23. The highest BCUT2D eigenvalue weighted by atomic mass is 35.5. The number of nitrogens with zero attached hydrogens (tertiary/aromatic N) is 1. The average molecular weight is 494 g/mol. The standard InChI is InChI=1S/C27H24ClNO6/c1-15-7-5-8-16(11-15)24-23(25(30)19-13-22(35-4)20(28)14-21(19)34-3)26(31)27(32)29(24)17-9-6-10-18(12-17)33-2/h5-14,24,30H,1-4H3/b25-23+. The van der Waals surface area contributed by atoms with Crippen LogP contribution in [0.5, 0.6) is 17.2 Å². The molecule has 0 saturated carbocycles. The molecule has 1 aliphatic heterocycles. The Kier molecular flexibility index (Phi) is 6.71. The van der Waals surface area contributed by atoms with Crippen LogP contribution in [0.1, 0.15) is 22.7 Å². The van der Waals surface area contributed by atoms with Gasteiger partial charge in [0.15, 0.2) is 0 Å². The quantitative estimate of drug-likeness (QED) is 0.285. The number of carbonyl (C=O) groups excluding carboxylic acids is 2. The fraction of sp³-hybridized carbons (Fsp3) is 0.185. The molecule has 0 aromatic heterocycles. The van der Waals surface area contributed by atoms with Crippen LogP contribution in [0.4, 0.5) is 5.69 Å². The van der Waals surface area contributed by atoms with Gasteiger partial charge >= 0.3 is 0 Å². The number of hydrogen-bond acceptors (Lipinski definition) is 6. The Hall–Kier alpha value is -3.97. The molecule has 1 unspecified atom stereocenters. The third-order valence-corrected chi connectivity index (χ3v) is 6.16. The second-order valence-electron chi connectivity index (χ2n) is 7.97. The first-order chi connectivity index (χ1) is 16.8. The van der Waals surface area contributed by atoms with Gasteiger partial charge in [0.05, 0.1) is 43.5 Å². The van der Waals surface area contributed by atoms with Crippen molar-refractivity contribution in [1.29, 1.82) is 0 Å². The van der Waals surface area contributed by atoms with Crippen molar-refractivity contribution < 1.29 is 28.9 Å². The summed E-state index contributed by atoms with van der Waals surface area (Å²) in [7, 11) is 4.37. The SMILES string of the molecule is COc1cccc(N2C(=O)C(=O)/C(=C(/O)c3cc(OC)c(Cl)cc3OC)C2c2cccc(C)c2)c1. The van der Waals surface area contributed by atoms with E-state index >= 15 is 0 Å². The lowest BCUT2D eigenvalue weighted by atomic mass is 9.94. The molecule has 1 N–H and O–H groups in total. The van der Waals surface area contributed by atoms with Gasteiger partial charge < -0.3 is 19.3 Å². The van der Waals surface area contributed by atoms with Crippen molar-refractivity contribution in [3.05, 3.63) is 87.9 Å². The van der Waals surface area contributed by atoms with E-state index in [0.29, 0.717) is 17.0 Å². The monoisotopic (exact) mass is 493 g/mol. The number of rotatable bonds is 6. The van der Waals surface area contributed by atoms with Crippen LogP contribution in [-0.4, -0.2) is 38.1 Å². The van der Waals surface area contributed by atoms with Gasteiger partial charge in [-0.3, -0.25) is 14.5 Å². The molecule has 0 spiro atoms. The van der Waals surface area contributed by atoms with E-state index in [-0.39, 0.29) is 27.7 Å².